The monoisotopic (exact) mass is 341 g/mol. The second-order valence-corrected chi connectivity index (χ2v) is 5.70. The quantitative estimate of drug-likeness (QED) is 0.464. The average molecular weight is 342 g/mol. The molecule has 0 aliphatic carbocycles. The fraction of sp³-hybridized carbons (Fsp3) is 0.375. The summed E-state index contributed by atoms with van der Waals surface area (Å²) in [4.78, 5) is 9.27. The Morgan fingerprint density at radius 2 is 2.13 bits per heavy atom. The third-order valence-corrected chi connectivity index (χ3v) is 3.67. The Kier molecular flexibility index (Phi) is 5.36. The molecule has 0 atom stereocenters. The molecule has 0 amide bonds. The molecule has 1 aromatic rings. The molecule has 7 heteroatoms. The van der Waals surface area contributed by atoms with Crippen LogP contribution in [0.15, 0.2) is 27.9 Å². The largest absolute Gasteiger partial charge is 0.486 e. The highest BCUT2D eigenvalue weighted by molar-refractivity contribution is 6.65. The second kappa shape index (κ2) is 7.08. The van der Waals surface area contributed by atoms with Crippen LogP contribution in [0.3, 0.4) is 0 Å². The van der Waals surface area contributed by atoms with Crippen molar-refractivity contribution in [1.82, 2.24) is 0 Å². The number of allylic oxidation sites excluding steroid dienone is 1. The molecule has 1 aliphatic heterocycles. The normalized spacial score (nSPS) is 16.0. The maximum Gasteiger partial charge on any atom is 0.222 e. The number of nitrogens with zero attached hydrogens (tertiary/aromatic N) is 3. The third-order valence-electron chi connectivity index (χ3n) is 3.47. The Balaban J connectivity index is 2.61. The van der Waals surface area contributed by atoms with Crippen LogP contribution in [0.4, 0.5) is 14.5 Å². The van der Waals surface area contributed by atoms with Crippen molar-refractivity contribution in [2.45, 2.75) is 26.8 Å². The Hall–Kier alpha value is -1.95. The molecule has 0 saturated heterocycles. The molecule has 0 unspecified atom stereocenters. The van der Waals surface area contributed by atoms with E-state index in [4.69, 9.17) is 16.3 Å². The minimum Gasteiger partial charge on any atom is -0.486 e. The van der Waals surface area contributed by atoms with Crippen LogP contribution in [0.2, 0.25) is 0 Å². The number of anilines is 1. The first-order valence-corrected chi connectivity index (χ1v) is 7.53. The highest BCUT2D eigenvalue weighted by Gasteiger charge is 2.25. The van der Waals surface area contributed by atoms with Crippen LogP contribution in [0.1, 0.15) is 26.3 Å². The molecule has 0 aromatic heterocycles. The van der Waals surface area contributed by atoms with Gasteiger partial charge in [0.1, 0.15) is 18.1 Å². The number of aliphatic imine (C=N–C) groups is 2. The molecule has 0 radical (unpaired) electrons. The predicted octanol–water partition coefficient (Wildman–Crippen LogP) is 4.39. The van der Waals surface area contributed by atoms with Gasteiger partial charge < -0.3 is 9.64 Å². The fourth-order valence-corrected chi connectivity index (χ4v) is 2.53. The average Bonchev–Trinajstić information content (AvgIpc) is 2.51. The van der Waals surface area contributed by atoms with Gasteiger partial charge in [0.15, 0.2) is 11.6 Å². The lowest BCUT2D eigenvalue weighted by Crippen LogP contribution is -2.38. The van der Waals surface area contributed by atoms with E-state index in [0.29, 0.717) is 18.8 Å². The zero-order valence-electron chi connectivity index (χ0n) is 13.2. The van der Waals surface area contributed by atoms with Gasteiger partial charge in [0.05, 0.1) is 12.2 Å². The Bertz CT molecular complexity index is 682. The molecule has 23 heavy (non-hydrogen) atoms. The summed E-state index contributed by atoms with van der Waals surface area (Å²) in [6, 6.07) is 2.97. The summed E-state index contributed by atoms with van der Waals surface area (Å²) in [5.74, 6) is -1.00. The number of amidine groups is 1. The number of ether oxygens (including phenoxy) is 1. The fourth-order valence-electron chi connectivity index (χ4n) is 2.44. The molecular formula is C16H18ClF2N3O. The summed E-state index contributed by atoms with van der Waals surface area (Å²) in [5, 5.41) is -0.216. The Labute approximate surface area is 139 Å². The third kappa shape index (κ3) is 3.69. The number of rotatable bonds is 3. The lowest BCUT2D eigenvalue weighted by Gasteiger charge is -2.34. The van der Waals surface area contributed by atoms with Gasteiger partial charge in [-0.05, 0) is 51.2 Å². The summed E-state index contributed by atoms with van der Waals surface area (Å²) < 4.78 is 33.7. The molecule has 0 saturated carbocycles. The first-order valence-electron chi connectivity index (χ1n) is 7.15. The van der Waals surface area contributed by atoms with Crippen molar-refractivity contribution in [2.75, 3.05) is 18.1 Å². The maximum atomic E-state index is 14.4. The van der Waals surface area contributed by atoms with Gasteiger partial charge >= 0.3 is 0 Å². The van der Waals surface area contributed by atoms with Gasteiger partial charge in [-0.15, -0.1) is 0 Å². The van der Waals surface area contributed by atoms with Gasteiger partial charge in [0, 0.05) is 11.6 Å². The van der Waals surface area contributed by atoms with E-state index in [-0.39, 0.29) is 28.3 Å². The van der Waals surface area contributed by atoms with E-state index in [1.54, 1.807) is 6.07 Å². The SMILES string of the molecule is C=N/C(Cl)=N\C(=C(/C)F)c1cc(F)c2c(c1)N(C(C)C)CCO2. The molecule has 1 aromatic carbocycles. The highest BCUT2D eigenvalue weighted by Crippen LogP contribution is 2.39. The van der Waals surface area contributed by atoms with Gasteiger partial charge in [-0.25, -0.2) is 18.8 Å². The van der Waals surface area contributed by atoms with Gasteiger partial charge in [-0.2, -0.15) is 0 Å². The standard InChI is InChI=1S/C16H18ClF2N3O/c1-9(2)22-5-6-23-15-12(19)7-11(8-13(15)22)14(10(3)18)21-16(17)20-4/h7-9H,4-6H2,1-3H3/b14-10+,21-16-. The molecule has 0 N–H and O–H groups in total. The Morgan fingerprint density at radius 1 is 1.43 bits per heavy atom. The van der Waals surface area contributed by atoms with Crippen molar-refractivity contribution >= 4 is 35.0 Å². The predicted molar refractivity (Wildman–Crippen MR) is 90.9 cm³/mol. The van der Waals surface area contributed by atoms with Gasteiger partial charge in [-0.3, -0.25) is 0 Å². The smallest absolute Gasteiger partial charge is 0.222 e. The van der Waals surface area contributed by atoms with E-state index >= 15 is 0 Å². The molecule has 0 bridgehead atoms. The minimum atomic E-state index is -0.598. The van der Waals surface area contributed by atoms with Crippen molar-refractivity contribution in [3.63, 3.8) is 0 Å². The van der Waals surface area contributed by atoms with E-state index < -0.39 is 11.6 Å². The van der Waals surface area contributed by atoms with Crippen molar-refractivity contribution in [2.24, 2.45) is 9.98 Å². The summed E-state index contributed by atoms with van der Waals surface area (Å²) in [7, 11) is 0. The van der Waals surface area contributed by atoms with E-state index in [0.717, 1.165) is 0 Å². The number of benzene rings is 1. The number of halogens is 3. The molecule has 0 fully saturated rings. The van der Waals surface area contributed by atoms with E-state index in [9.17, 15) is 8.78 Å². The molecule has 2 rings (SSSR count). The molecule has 1 heterocycles. The van der Waals surface area contributed by atoms with Crippen LogP contribution in [-0.2, 0) is 0 Å². The number of hydrogen-bond acceptors (Lipinski definition) is 3. The van der Waals surface area contributed by atoms with Gasteiger partial charge in [-0.1, -0.05) is 0 Å². The van der Waals surface area contributed by atoms with Crippen molar-refractivity contribution in [1.29, 1.82) is 0 Å². The summed E-state index contributed by atoms with van der Waals surface area (Å²) in [5.41, 5.74) is 0.746. The lowest BCUT2D eigenvalue weighted by atomic mass is 10.1. The summed E-state index contributed by atoms with van der Waals surface area (Å²) in [6.07, 6.45) is 0. The Morgan fingerprint density at radius 3 is 2.70 bits per heavy atom. The topological polar surface area (TPSA) is 37.2 Å². The zero-order valence-corrected chi connectivity index (χ0v) is 14.0. The van der Waals surface area contributed by atoms with Crippen LogP contribution in [-0.4, -0.2) is 31.2 Å². The first kappa shape index (κ1) is 17.4. The van der Waals surface area contributed by atoms with Crippen LogP contribution >= 0.6 is 11.6 Å². The lowest BCUT2D eigenvalue weighted by molar-refractivity contribution is 0.287. The molecule has 1 aliphatic rings. The molecular weight excluding hydrogens is 324 g/mol. The molecule has 4 nitrogen and oxygen atoms in total. The number of fused-ring (bicyclic) bond motifs is 1. The minimum absolute atomic E-state index is 0.0848. The molecule has 0 spiro atoms. The van der Waals surface area contributed by atoms with Gasteiger partial charge in [0.2, 0.25) is 5.29 Å². The van der Waals surface area contributed by atoms with Gasteiger partial charge in [0.25, 0.3) is 0 Å². The zero-order chi connectivity index (χ0) is 17.1. The number of hydrogen-bond donors (Lipinski definition) is 0. The maximum absolute atomic E-state index is 14.4. The van der Waals surface area contributed by atoms with E-state index in [1.165, 1.54) is 13.0 Å². The van der Waals surface area contributed by atoms with Crippen LogP contribution in [0.5, 0.6) is 5.75 Å². The highest BCUT2D eigenvalue weighted by atomic mass is 35.5. The second-order valence-electron chi connectivity index (χ2n) is 5.36. The van der Waals surface area contributed by atoms with Crippen LogP contribution in [0.25, 0.3) is 5.70 Å². The van der Waals surface area contributed by atoms with Crippen molar-refractivity contribution in [3.8, 4) is 5.75 Å². The van der Waals surface area contributed by atoms with Crippen LogP contribution < -0.4 is 9.64 Å². The van der Waals surface area contributed by atoms with E-state index in [2.05, 4.69) is 16.7 Å². The molecule has 124 valence electrons. The van der Waals surface area contributed by atoms with Crippen molar-refractivity contribution < 1.29 is 13.5 Å². The van der Waals surface area contributed by atoms with Crippen molar-refractivity contribution in [3.05, 3.63) is 29.3 Å². The summed E-state index contributed by atoms with van der Waals surface area (Å²) >= 11 is 5.71. The summed E-state index contributed by atoms with van der Waals surface area (Å²) in [6.45, 7) is 9.46. The van der Waals surface area contributed by atoms with E-state index in [1.807, 2.05) is 18.7 Å². The first-order chi connectivity index (χ1) is 10.8. The van der Waals surface area contributed by atoms with Crippen LogP contribution in [0, 0.1) is 5.82 Å².